The fourth-order valence-corrected chi connectivity index (χ4v) is 3.16. The second-order valence-corrected chi connectivity index (χ2v) is 5.38. The lowest BCUT2D eigenvalue weighted by molar-refractivity contribution is 0.443. The minimum absolute atomic E-state index is 0.370. The van der Waals surface area contributed by atoms with Crippen LogP contribution in [0.3, 0.4) is 0 Å². The highest BCUT2D eigenvalue weighted by Gasteiger charge is 2.15. The predicted octanol–water partition coefficient (Wildman–Crippen LogP) is 2.95. The number of hydrogen-bond donors (Lipinski definition) is 1. The van der Waals surface area contributed by atoms with E-state index in [1.54, 1.807) is 0 Å². The van der Waals surface area contributed by atoms with E-state index in [1.165, 1.54) is 12.2 Å². The molecule has 0 saturated carbocycles. The van der Waals surface area contributed by atoms with E-state index in [0.29, 0.717) is 18.0 Å². The van der Waals surface area contributed by atoms with Gasteiger partial charge in [0, 0.05) is 6.54 Å². The van der Waals surface area contributed by atoms with Crippen LogP contribution in [0, 0.1) is 23.4 Å². The highest BCUT2D eigenvalue weighted by atomic mass is 32.2. The van der Waals surface area contributed by atoms with E-state index < -0.39 is 17.5 Å². The third-order valence-electron chi connectivity index (χ3n) is 2.83. The molecule has 1 aliphatic heterocycles. The zero-order chi connectivity index (χ0) is 12.3. The van der Waals surface area contributed by atoms with Crippen molar-refractivity contribution in [3.05, 3.63) is 35.1 Å². The van der Waals surface area contributed by atoms with Gasteiger partial charge in [-0.3, -0.25) is 0 Å². The Kier molecular flexibility index (Phi) is 4.34. The smallest absolute Gasteiger partial charge is 0.194 e. The van der Waals surface area contributed by atoms with Gasteiger partial charge in [-0.2, -0.15) is 11.8 Å². The van der Waals surface area contributed by atoms with Crippen LogP contribution in [0.15, 0.2) is 12.1 Å². The number of benzene rings is 1. The highest BCUT2D eigenvalue weighted by Crippen LogP contribution is 2.22. The van der Waals surface area contributed by atoms with Crippen molar-refractivity contribution in [2.24, 2.45) is 5.92 Å². The van der Waals surface area contributed by atoms with Gasteiger partial charge in [0.2, 0.25) is 0 Å². The fraction of sp³-hybridized carbons (Fsp3) is 0.500. The Labute approximate surface area is 103 Å². The Morgan fingerprint density at radius 1 is 1.24 bits per heavy atom. The standard InChI is InChI=1S/C12H14F3NS/c13-10-3-9(4-11(14)12(10)15)6-16-5-8-1-2-17-7-8/h3-4,8,16H,1-2,5-7H2. The van der Waals surface area contributed by atoms with E-state index in [9.17, 15) is 13.2 Å². The van der Waals surface area contributed by atoms with E-state index in [4.69, 9.17) is 0 Å². The lowest BCUT2D eigenvalue weighted by Gasteiger charge is -2.10. The van der Waals surface area contributed by atoms with E-state index in [-0.39, 0.29) is 0 Å². The molecule has 0 bridgehead atoms. The van der Waals surface area contributed by atoms with Gasteiger partial charge in [-0.25, -0.2) is 13.2 Å². The molecule has 2 rings (SSSR count). The first-order chi connectivity index (χ1) is 8.16. The monoisotopic (exact) mass is 261 g/mol. The zero-order valence-corrected chi connectivity index (χ0v) is 10.1. The topological polar surface area (TPSA) is 12.0 Å². The minimum Gasteiger partial charge on any atom is -0.312 e. The summed E-state index contributed by atoms with van der Waals surface area (Å²) >= 11 is 1.93. The van der Waals surface area contributed by atoms with Crippen LogP contribution in [0.25, 0.3) is 0 Å². The summed E-state index contributed by atoms with van der Waals surface area (Å²) in [6, 6.07) is 2.07. The maximum atomic E-state index is 12.9. The Morgan fingerprint density at radius 3 is 2.53 bits per heavy atom. The van der Waals surface area contributed by atoms with Gasteiger partial charge in [0.25, 0.3) is 0 Å². The van der Waals surface area contributed by atoms with Crippen LogP contribution in [0.4, 0.5) is 13.2 Å². The molecule has 94 valence electrons. The van der Waals surface area contributed by atoms with Crippen LogP contribution in [-0.4, -0.2) is 18.1 Å². The van der Waals surface area contributed by atoms with Crippen molar-refractivity contribution >= 4 is 11.8 Å². The molecule has 1 nitrogen and oxygen atoms in total. The molecular weight excluding hydrogens is 247 g/mol. The minimum atomic E-state index is -1.40. The van der Waals surface area contributed by atoms with E-state index in [2.05, 4.69) is 5.32 Å². The van der Waals surface area contributed by atoms with Crippen molar-refractivity contribution in [1.82, 2.24) is 5.32 Å². The molecular formula is C12H14F3NS. The largest absolute Gasteiger partial charge is 0.312 e. The number of thioether (sulfide) groups is 1. The van der Waals surface area contributed by atoms with Crippen LogP contribution in [-0.2, 0) is 6.54 Å². The molecule has 5 heteroatoms. The van der Waals surface area contributed by atoms with Gasteiger partial charge in [0.05, 0.1) is 0 Å². The molecule has 1 fully saturated rings. The summed E-state index contributed by atoms with van der Waals surface area (Å²) in [7, 11) is 0. The first-order valence-electron chi connectivity index (χ1n) is 5.58. The Bertz CT molecular complexity index is 368. The Morgan fingerprint density at radius 2 is 1.94 bits per heavy atom. The van der Waals surface area contributed by atoms with Crippen molar-refractivity contribution in [2.45, 2.75) is 13.0 Å². The molecule has 1 aliphatic rings. The lowest BCUT2D eigenvalue weighted by Crippen LogP contribution is -2.22. The fourth-order valence-electron chi connectivity index (χ4n) is 1.88. The SMILES string of the molecule is Fc1cc(CNCC2CCSC2)cc(F)c1F. The normalized spacial score (nSPS) is 19.8. The summed E-state index contributed by atoms with van der Waals surface area (Å²) in [5.41, 5.74) is 0.437. The molecule has 0 amide bonds. The van der Waals surface area contributed by atoms with Crippen LogP contribution in [0.5, 0.6) is 0 Å². The maximum Gasteiger partial charge on any atom is 0.194 e. The van der Waals surface area contributed by atoms with Crippen molar-refractivity contribution in [3.8, 4) is 0 Å². The number of hydrogen-bond acceptors (Lipinski definition) is 2. The van der Waals surface area contributed by atoms with E-state index in [1.807, 2.05) is 11.8 Å². The summed E-state index contributed by atoms with van der Waals surface area (Å²) in [6.45, 7) is 1.21. The van der Waals surface area contributed by atoms with Gasteiger partial charge in [-0.1, -0.05) is 0 Å². The zero-order valence-electron chi connectivity index (χ0n) is 9.31. The first kappa shape index (κ1) is 12.8. The van der Waals surface area contributed by atoms with Gasteiger partial charge in [-0.15, -0.1) is 0 Å². The number of rotatable bonds is 4. The van der Waals surface area contributed by atoms with E-state index in [0.717, 1.165) is 24.4 Å². The number of halogens is 3. The molecule has 0 aliphatic carbocycles. The first-order valence-corrected chi connectivity index (χ1v) is 6.74. The third-order valence-corrected chi connectivity index (χ3v) is 4.06. The van der Waals surface area contributed by atoms with Gasteiger partial charge in [0.15, 0.2) is 17.5 Å². The van der Waals surface area contributed by atoms with Crippen molar-refractivity contribution in [1.29, 1.82) is 0 Å². The average Bonchev–Trinajstić information content (AvgIpc) is 2.79. The summed E-state index contributed by atoms with van der Waals surface area (Å²) in [4.78, 5) is 0. The van der Waals surface area contributed by atoms with Crippen LogP contribution in [0.2, 0.25) is 0 Å². The number of nitrogens with one attached hydrogen (secondary N) is 1. The highest BCUT2D eigenvalue weighted by molar-refractivity contribution is 7.99. The molecule has 1 heterocycles. The second kappa shape index (κ2) is 5.78. The van der Waals surface area contributed by atoms with Crippen molar-refractivity contribution in [3.63, 3.8) is 0 Å². The third kappa shape index (κ3) is 3.39. The molecule has 0 spiro atoms. The summed E-state index contributed by atoms with van der Waals surface area (Å²) in [5, 5.41) is 3.15. The van der Waals surface area contributed by atoms with Gasteiger partial charge in [-0.05, 0) is 48.1 Å². The van der Waals surface area contributed by atoms with Crippen LogP contribution in [0.1, 0.15) is 12.0 Å². The predicted molar refractivity (Wildman–Crippen MR) is 63.5 cm³/mol. The summed E-state index contributed by atoms with van der Waals surface area (Å²) in [5.74, 6) is -0.696. The summed E-state index contributed by atoms with van der Waals surface area (Å²) in [6.07, 6.45) is 1.18. The van der Waals surface area contributed by atoms with Crippen molar-refractivity contribution in [2.75, 3.05) is 18.1 Å². The van der Waals surface area contributed by atoms with Gasteiger partial charge < -0.3 is 5.32 Å². The Hall–Kier alpha value is -0.680. The molecule has 17 heavy (non-hydrogen) atoms. The molecule has 0 radical (unpaired) electrons. The van der Waals surface area contributed by atoms with Crippen LogP contribution >= 0.6 is 11.8 Å². The molecule has 1 saturated heterocycles. The lowest BCUT2D eigenvalue weighted by atomic mass is 10.1. The molecule has 1 atom stereocenters. The van der Waals surface area contributed by atoms with Crippen molar-refractivity contribution < 1.29 is 13.2 Å². The van der Waals surface area contributed by atoms with E-state index >= 15 is 0 Å². The molecule has 1 N–H and O–H groups in total. The summed E-state index contributed by atoms with van der Waals surface area (Å²) < 4.78 is 38.5. The maximum absolute atomic E-state index is 12.9. The quantitative estimate of drug-likeness (QED) is 0.836. The molecule has 1 unspecified atom stereocenters. The van der Waals surface area contributed by atoms with Gasteiger partial charge >= 0.3 is 0 Å². The average molecular weight is 261 g/mol. The molecule has 1 aromatic rings. The van der Waals surface area contributed by atoms with Crippen LogP contribution < -0.4 is 5.32 Å². The Balaban J connectivity index is 1.86. The molecule has 0 aromatic heterocycles. The van der Waals surface area contributed by atoms with Gasteiger partial charge in [0.1, 0.15) is 0 Å². The second-order valence-electron chi connectivity index (χ2n) is 4.23. The molecule has 1 aromatic carbocycles.